The maximum absolute atomic E-state index is 12.2. The lowest BCUT2D eigenvalue weighted by atomic mass is 9.68. The lowest BCUT2D eigenvalue weighted by molar-refractivity contribution is -0.125. The molecule has 0 aliphatic heterocycles. The lowest BCUT2D eigenvalue weighted by Gasteiger charge is -2.39. The van der Waals surface area contributed by atoms with Gasteiger partial charge in [0.15, 0.2) is 0 Å². The van der Waals surface area contributed by atoms with Crippen LogP contribution in [0, 0.1) is 5.41 Å². The molecule has 6 heteroatoms. The number of benzene rings is 1. The van der Waals surface area contributed by atoms with E-state index in [1.165, 1.54) is 0 Å². The van der Waals surface area contributed by atoms with Gasteiger partial charge in [0.25, 0.3) is 0 Å². The van der Waals surface area contributed by atoms with Crippen LogP contribution in [-0.4, -0.2) is 10.9 Å². The average molecular weight is 303 g/mol. The SMILES string of the molecule is NC(=S)C1(C(=O)Nc2cc(Cl)cc(Cl)c2)CCC1. The number of hydrogen-bond acceptors (Lipinski definition) is 2. The Hall–Kier alpha value is -0.840. The second-order valence-electron chi connectivity index (χ2n) is 4.41. The van der Waals surface area contributed by atoms with Gasteiger partial charge >= 0.3 is 0 Å². The Morgan fingerprint density at radius 3 is 2.22 bits per heavy atom. The summed E-state index contributed by atoms with van der Waals surface area (Å²) in [5.74, 6) is -0.181. The van der Waals surface area contributed by atoms with Crippen LogP contribution < -0.4 is 11.1 Å². The number of rotatable bonds is 3. The molecule has 3 nitrogen and oxygen atoms in total. The molecular formula is C12H12Cl2N2OS. The van der Waals surface area contributed by atoms with Crippen molar-refractivity contribution in [1.82, 2.24) is 0 Å². The lowest BCUT2D eigenvalue weighted by Crippen LogP contribution is -2.50. The van der Waals surface area contributed by atoms with Crippen LogP contribution in [0.2, 0.25) is 10.0 Å². The molecule has 1 aromatic rings. The predicted molar refractivity (Wildman–Crippen MR) is 78.2 cm³/mol. The highest BCUT2D eigenvalue weighted by molar-refractivity contribution is 7.80. The third-order valence-corrected chi connectivity index (χ3v) is 4.06. The van der Waals surface area contributed by atoms with Crippen LogP contribution in [-0.2, 0) is 4.79 Å². The number of nitrogens with one attached hydrogen (secondary N) is 1. The van der Waals surface area contributed by atoms with Crippen LogP contribution in [0.5, 0.6) is 0 Å². The molecule has 0 saturated heterocycles. The van der Waals surface area contributed by atoms with Crippen molar-refractivity contribution in [1.29, 1.82) is 0 Å². The minimum absolute atomic E-state index is 0.181. The third-order valence-electron chi connectivity index (χ3n) is 3.23. The molecule has 1 aromatic carbocycles. The van der Waals surface area contributed by atoms with E-state index in [1.807, 2.05) is 0 Å². The molecule has 1 aliphatic carbocycles. The summed E-state index contributed by atoms with van der Waals surface area (Å²) in [6, 6.07) is 4.87. The molecule has 1 amide bonds. The van der Waals surface area contributed by atoms with Crippen LogP contribution in [0.15, 0.2) is 18.2 Å². The predicted octanol–water partition coefficient (Wildman–Crippen LogP) is 3.39. The van der Waals surface area contributed by atoms with Gasteiger partial charge in [-0.25, -0.2) is 0 Å². The van der Waals surface area contributed by atoms with E-state index in [-0.39, 0.29) is 10.9 Å². The zero-order valence-electron chi connectivity index (χ0n) is 9.50. The summed E-state index contributed by atoms with van der Waals surface area (Å²) in [4.78, 5) is 12.5. The summed E-state index contributed by atoms with van der Waals surface area (Å²) >= 11 is 16.7. The van der Waals surface area contributed by atoms with Gasteiger partial charge in [-0.1, -0.05) is 41.8 Å². The maximum Gasteiger partial charge on any atom is 0.237 e. The molecule has 1 saturated carbocycles. The van der Waals surface area contributed by atoms with Crippen LogP contribution in [0.4, 0.5) is 5.69 Å². The molecule has 0 atom stereocenters. The van der Waals surface area contributed by atoms with Crippen molar-refractivity contribution >= 4 is 52.0 Å². The fraction of sp³-hybridized carbons (Fsp3) is 0.333. The summed E-state index contributed by atoms with van der Waals surface area (Å²) in [6.07, 6.45) is 2.35. The summed E-state index contributed by atoms with van der Waals surface area (Å²) in [6.45, 7) is 0. The van der Waals surface area contributed by atoms with Crippen LogP contribution in [0.3, 0.4) is 0 Å². The van der Waals surface area contributed by atoms with E-state index in [9.17, 15) is 4.79 Å². The minimum Gasteiger partial charge on any atom is -0.392 e. The van der Waals surface area contributed by atoms with Crippen molar-refractivity contribution < 1.29 is 4.79 Å². The molecule has 1 fully saturated rings. The number of carbonyl (C=O) groups excluding carboxylic acids is 1. The number of thiocarbonyl (C=S) groups is 1. The van der Waals surface area contributed by atoms with E-state index in [4.69, 9.17) is 41.2 Å². The van der Waals surface area contributed by atoms with Gasteiger partial charge in [-0.05, 0) is 31.0 Å². The second kappa shape index (κ2) is 5.03. The summed E-state index contributed by atoms with van der Waals surface area (Å²) in [7, 11) is 0. The molecule has 0 heterocycles. The van der Waals surface area contributed by atoms with E-state index in [1.54, 1.807) is 18.2 Å². The van der Waals surface area contributed by atoms with Crippen molar-refractivity contribution in [3.63, 3.8) is 0 Å². The smallest absolute Gasteiger partial charge is 0.237 e. The van der Waals surface area contributed by atoms with Crippen molar-refractivity contribution in [3.8, 4) is 0 Å². The largest absolute Gasteiger partial charge is 0.392 e. The van der Waals surface area contributed by atoms with Gasteiger partial charge in [-0.15, -0.1) is 0 Å². The number of carbonyl (C=O) groups is 1. The van der Waals surface area contributed by atoms with Crippen molar-refractivity contribution in [3.05, 3.63) is 28.2 Å². The monoisotopic (exact) mass is 302 g/mol. The molecule has 96 valence electrons. The van der Waals surface area contributed by atoms with Crippen molar-refractivity contribution in [2.75, 3.05) is 5.32 Å². The quantitative estimate of drug-likeness (QED) is 0.842. The first-order valence-corrected chi connectivity index (χ1v) is 6.68. The first kappa shape index (κ1) is 13.6. The molecule has 2 rings (SSSR count). The van der Waals surface area contributed by atoms with Gasteiger partial charge in [-0.3, -0.25) is 4.79 Å². The van der Waals surface area contributed by atoms with Crippen LogP contribution in [0.1, 0.15) is 19.3 Å². The molecule has 0 radical (unpaired) electrons. The Labute approximate surface area is 121 Å². The van der Waals surface area contributed by atoms with Crippen LogP contribution in [0.25, 0.3) is 0 Å². The molecular weight excluding hydrogens is 291 g/mol. The number of halogens is 2. The fourth-order valence-corrected chi connectivity index (χ4v) is 2.82. The Morgan fingerprint density at radius 2 is 1.83 bits per heavy atom. The van der Waals surface area contributed by atoms with Gasteiger partial charge in [0, 0.05) is 15.7 Å². The van der Waals surface area contributed by atoms with Crippen LogP contribution >= 0.6 is 35.4 Å². The van der Waals surface area contributed by atoms with E-state index in [0.29, 0.717) is 28.6 Å². The Bertz CT molecular complexity index is 495. The maximum atomic E-state index is 12.2. The van der Waals surface area contributed by atoms with Gasteiger partial charge in [0.2, 0.25) is 5.91 Å². The van der Waals surface area contributed by atoms with Crippen molar-refractivity contribution in [2.24, 2.45) is 11.1 Å². The normalized spacial score (nSPS) is 16.8. The number of anilines is 1. The highest BCUT2D eigenvalue weighted by Gasteiger charge is 2.46. The van der Waals surface area contributed by atoms with E-state index in [2.05, 4.69) is 5.32 Å². The zero-order chi connectivity index (χ0) is 13.3. The minimum atomic E-state index is -0.704. The first-order chi connectivity index (χ1) is 8.44. The second-order valence-corrected chi connectivity index (χ2v) is 5.72. The zero-order valence-corrected chi connectivity index (χ0v) is 11.8. The number of nitrogens with two attached hydrogens (primary N) is 1. The molecule has 1 aliphatic rings. The first-order valence-electron chi connectivity index (χ1n) is 5.51. The third kappa shape index (κ3) is 2.46. The summed E-state index contributed by atoms with van der Waals surface area (Å²) in [5, 5.41) is 3.71. The highest BCUT2D eigenvalue weighted by Crippen LogP contribution is 2.42. The van der Waals surface area contributed by atoms with E-state index < -0.39 is 5.41 Å². The molecule has 0 unspecified atom stereocenters. The average Bonchev–Trinajstić information content (AvgIpc) is 2.11. The molecule has 3 N–H and O–H groups in total. The molecule has 0 bridgehead atoms. The van der Waals surface area contributed by atoms with Gasteiger partial charge in [0.1, 0.15) is 0 Å². The summed E-state index contributed by atoms with van der Waals surface area (Å²) < 4.78 is 0. The van der Waals surface area contributed by atoms with E-state index >= 15 is 0 Å². The van der Waals surface area contributed by atoms with Gasteiger partial charge < -0.3 is 11.1 Å². The Kier molecular flexibility index (Phi) is 3.80. The highest BCUT2D eigenvalue weighted by atomic mass is 35.5. The van der Waals surface area contributed by atoms with Gasteiger partial charge in [-0.2, -0.15) is 0 Å². The number of amides is 1. The summed E-state index contributed by atoms with van der Waals surface area (Å²) in [5.41, 5.74) is 5.52. The van der Waals surface area contributed by atoms with Gasteiger partial charge in [0.05, 0.1) is 10.4 Å². The Morgan fingerprint density at radius 1 is 1.28 bits per heavy atom. The number of hydrogen-bond donors (Lipinski definition) is 2. The van der Waals surface area contributed by atoms with Crippen molar-refractivity contribution in [2.45, 2.75) is 19.3 Å². The molecule has 18 heavy (non-hydrogen) atoms. The van der Waals surface area contributed by atoms with E-state index in [0.717, 1.165) is 6.42 Å². The molecule has 0 aromatic heterocycles. The topological polar surface area (TPSA) is 55.1 Å². The Balaban J connectivity index is 2.18. The fourth-order valence-electron chi connectivity index (χ4n) is 1.99. The molecule has 0 spiro atoms. The standard InChI is InChI=1S/C12H12Cl2N2OS/c13-7-4-8(14)6-9(5-7)16-11(17)12(10(15)18)2-1-3-12/h4-6H,1-3H2,(H2,15,18)(H,16,17).